The second kappa shape index (κ2) is 6.90. The maximum atomic E-state index is 3.84. The molecule has 68 valence electrons. The van der Waals surface area contributed by atoms with Gasteiger partial charge in [0.05, 0.1) is 0 Å². The van der Waals surface area contributed by atoms with Crippen LogP contribution in [0.5, 0.6) is 0 Å². The van der Waals surface area contributed by atoms with Gasteiger partial charge in [-0.1, -0.05) is 45.1 Å². The van der Waals surface area contributed by atoms with Crippen molar-refractivity contribution in [1.29, 1.82) is 0 Å². The monoisotopic (exact) mass is 164 g/mol. The van der Waals surface area contributed by atoms with Gasteiger partial charge in [-0.05, 0) is 30.9 Å². The van der Waals surface area contributed by atoms with Gasteiger partial charge in [0.2, 0.25) is 0 Å². The average Bonchev–Trinajstić information content (AvgIpc) is 2.11. The topological polar surface area (TPSA) is 0 Å². The lowest BCUT2D eigenvalue weighted by molar-refractivity contribution is 0.906. The van der Waals surface area contributed by atoms with Gasteiger partial charge >= 0.3 is 0 Å². The van der Waals surface area contributed by atoms with Crippen molar-refractivity contribution >= 4 is 0 Å². The summed E-state index contributed by atoms with van der Waals surface area (Å²) in [5.74, 6) is 0. The van der Waals surface area contributed by atoms with Gasteiger partial charge < -0.3 is 0 Å². The Kier molecular flexibility index (Phi) is 6.45. The van der Waals surface area contributed by atoms with Gasteiger partial charge in [0.1, 0.15) is 0 Å². The molecule has 12 heavy (non-hydrogen) atoms. The van der Waals surface area contributed by atoms with E-state index in [9.17, 15) is 0 Å². The molecule has 0 spiro atoms. The predicted molar refractivity (Wildman–Crippen MR) is 57.2 cm³/mol. The molecule has 0 nitrogen and oxygen atoms in total. The zero-order valence-corrected chi connectivity index (χ0v) is 8.56. The highest BCUT2D eigenvalue weighted by Gasteiger charge is 1.96. The molecule has 0 saturated carbocycles. The Morgan fingerprint density at radius 2 is 1.92 bits per heavy atom. The number of hydrogen-bond acceptors (Lipinski definition) is 0. The Labute approximate surface area is 76.7 Å². The first-order valence-corrected chi connectivity index (χ1v) is 4.77. The van der Waals surface area contributed by atoms with Crippen molar-refractivity contribution in [3.8, 4) is 0 Å². The summed E-state index contributed by atoms with van der Waals surface area (Å²) in [6.07, 6.45) is 9.72. The van der Waals surface area contributed by atoms with Gasteiger partial charge in [0.25, 0.3) is 0 Å². The molecule has 0 aliphatic heterocycles. The first-order valence-electron chi connectivity index (χ1n) is 4.77. The summed E-state index contributed by atoms with van der Waals surface area (Å²) < 4.78 is 0. The van der Waals surface area contributed by atoms with Crippen LogP contribution in [0.15, 0.2) is 36.0 Å². The highest BCUT2D eigenvalue weighted by Crippen LogP contribution is 2.16. The first-order chi connectivity index (χ1) is 5.79. The molecule has 0 atom stereocenters. The molecular weight excluding hydrogens is 144 g/mol. The fourth-order valence-electron chi connectivity index (χ4n) is 1.32. The van der Waals surface area contributed by atoms with E-state index in [1.165, 1.54) is 17.6 Å². The molecule has 0 aromatic heterocycles. The van der Waals surface area contributed by atoms with Crippen LogP contribution >= 0.6 is 0 Å². The van der Waals surface area contributed by atoms with Crippen molar-refractivity contribution < 1.29 is 0 Å². The summed E-state index contributed by atoms with van der Waals surface area (Å²) in [4.78, 5) is 0. The molecule has 0 aromatic carbocycles. The standard InChI is InChI=1S/C12H20/c1-5-9-11(7-3)12(8-4)10-6-2/h6-7,10H,3,5,8-9H2,1-2,4H3/b10-6-,12-11+. The minimum atomic E-state index is 1.10. The average molecular weight is 164 g/mol. The van der Waals surface area contributed by atoms with Crippen molar-refractivity contribution in [2.24, 2.45) is 0 Å². The van der Waals surface area contributed by atoms with Gasteiger partial charge in [0, 0.05) is 0 Å². The molecule has 0 fully saturated rings. The maximum Gasteiger partial charge on any atom is -0.0279 e. The summed E-state index contributed by atoms with van der Waals surface area (Å²) in [5.41, 5.74) is 2.83. The summed E-state index contributed by atoms with van der Waals surface area (Å²) in [5, 5.41) is 0. The van der Waals surface area contributed by atoms with Crippen LogP contribution in [0.2, 0.25) is 0 Å². The summed E-state index contributed by atoms with van der Waals surface area (Å²) in [7, 11) is 0. The first kappa shape index (κ1) is 11.2. The number of allylic oxidation sites excluding steroid dienone is 5. The summed E-state index contributed by atoms with van der Waals surface area (Å²) in [6, 6.07) is 0. The van der Waals surface area contributed by atoms with E-state index in [4.69, 9.17) is 0 Å². The quantitative estimate of drug-likeness (QED) is 0.533. The van der Waals surface area contributed by atoms with Crippen LogP contribution in [-0.2, 0) is 0 Å². The summed E-state index contributed by atoms with van der Waals surface area (Å²) >= 11 is 0. The Hall–Kier alpha value is -0.780. The fraction of sp³-hybridized carbons (Fsp3) is 0.500. The Morgan fingerprint density at radius 3 is 2.25 bits per heavy atom. The van der Waals surface area contributed by atoms with Crippen LogP contribution in [0.1, 0.15) is 40.0 Å². The Morgan fingerprint density at radius 1 is 1.25 bits per heavy atom. The van der Waals surface area contributed by atoms with Gasteiger partial charge in [-0.3, -0.25) is 0 Å². The van der Waals surface area contributed by atoms with Crippen molar-refractivity contribution in [3.05, 3.63) is 36.0 Å². The van der Waals surface area contributed by atoms with Crippen molar-refractivity contribution in [2.45, 2.75) is 40.0 Å². The van der Waals surface area contributed by atoms with E-state index in [0.29, 0.717) is 0 Å². The molecule has 0 radical (unpaired) electrons. The van der Waals surface area contributed by atoms with Crippen LogP contribution in [0.4, 0.5) is 0 Å². The third-order valence-electron chi connectivity index (χ3n) is 1.93. The van der Waals surface area contributed by atoms with Crippen LogP contribution in [0.3, 0.4) is 0 Å². The second-order valence-electron chi connectivity index (χ2n) is 2.86. The lowest BCUT2D eigenvalue weighted by atomic mass is 10.0. The Bertz CT molecular complexity index is 182. The molecule has 0 amide bonds. The van der Waals surface area contributed by atoms with Crippen molar-refractivity contribution in [1.82, 2.24) is 0 Å². The van der Waals surface area contributed by atoms with Gasteiger partial charge in [-0.25, -0.2) is 0 Å². The number of rotatable bonds is 5. The molecule has 0 heteroatoms. The zero-order chi connectivity index (χ0) is 9.40. The fourth-order valence-corrected chi connectivity index (χ4v) is 1.32. The summed E-state index contributed by atoms with van der Waals surface area (Å²) in [6.45, 7) is 10.3. The van der Waals surface area contributed by atoms with E-state index in [0.717, 1.165) is 12.8 Å². The maximum absolute atomic E-state index is 3.84. The highest BCUT2D eigenvalue weighted by atomic mass is 14.0. The molecule has 0 rings (SSSR count). The minimum Gasteiger partial charge on any atom is -0.0988 e. The lowest BCUT2D eigenvalue weighted by Gasteiger charge is -2.05. The van der Waals surface area contributed by atoms with E-state index < -0.39 is 0 Å². The third-order valence-corrected chi connectivity index (χ3v) is 1.93. The zero-order valence-electron chi connectivity index (χ0n) is 8.56. The third kappa shape index (κ3) is 3.56. The molecular formula is C12H20. The predicted octanol–water partition coefficient (Wildman–Crippen LogP) is 4.26. The highest BCUT2D eigenvalue weighted by molar-refractivity contribution is 5.31. The van der Waals surface area contributed by atoms with Gasteiger partial charge in [-0.2, -0.15) is 0 Å². The van der Waals surface area contributed by atoms with E-state index in [2.05, 4.69) is 39.5 Å². The van der Waals surface area contributed by atoms with E-state index in [1.54, 1.807) is 0 Å². The molecule has 0 aliphatic carbocycles. The SMILES string of the molecule is C=C/C(CCC)=C(\C=C/C)CC. The molecule has 0 heterocycles. The molecule has 0 aromatic rings. The van der Waals surface area contributed by atoms with Crippen molar-refractivity contribution in [3.63, 3.8) is 0 Å². The van der Waals surface area contributed by atoms with E-state index in [-0.39, 0.29) is 0 Å². The normalized spacial score (nSPS) is 13.2. The van der Waals surface area contributed by atoms with Crippen LogP contribution in [-0.4, -0.2) is 0 Å². The van der Waals surface area contributed by atoms with Crippen LogP contribution in [0, 0.1) is 0 Å². The molecule has 0 aliphatic rings. The molecule has 0 saturated heterocycles. The van der Waals surface area contributed by atoms with E-state index in [1.807, 2.05) is 6.08 Å². The van der Waals surface area contributed by atoms with Crippen molar-refractivity contribution in [2.75, 3.05) is 0 Å². The minimum absolute atomic E-state index is 1.10. The second-order valence-corrected chi connectivity index (χ2v) is 2.86. The van der Waals surface area contributed by atoms with Gasteiger partial charge in [0.15, 0.2) is 0 Å². The Balaban J connectivity index is 4.60. The lowest BCUT2D eigenvalue weighted by Crippen LogP contribution is -1.85. The largest absolute Gasteiger partial charge is 0.0988 e. The number of hydrogen-bond donors (Lipinski definition) is 0. The molecule has 0 N–H and O–H groups in total. The smallest absolute Gasteiger partial charge is 0.0279 e. The van der Waals surface area contributed by atoms with Gasteiger partial charge in [-0.15, -0.1) is 0 Å². The molecule has 0 bridgehead atoms. The van der Waals surface area contributed by atoms with Crippen LogP contribution < -0.4 is 0 Å². The van der Waals surface area contributed by atoms with E-state index >= 15 is 0 Å². The molecule has 0 unspecified atom stereocenters. The van der Waals surface area contributed by atoms with Crippen LogP contribution in [0.25, 0.3) is 0 Å².